The number of anilines is 1. The van der Waals surface area contributed by atoms with Crippen LogP contribution in [0.15, 0.2) is 65.3 Å². The fourth-order valence-corrected chi connectivity index (χ4v) is 3.42. The fourth-order valence-electron chi connectivity index (χ4n) is 2.70. The quantitative estimate of drug-likeness (QED) is 0.420. The molecule has 0 atom stereocenters. The molecule has 2 aromatic carbocycles. The van der Waals surface area contributed by atoms with Gasteiger partial charge in [0.05, 0.1) is 6.54 Å². The van der Waals surface area contributed by atoms with E-state index in [2.05, 4.69) is 15.6 Å². The molecule has 2 aromatic heterocycles. The van der Waals surface area contributed by atoms with Crippen LogP contribution < -0.4 is 5.32 Å². The molecule has 0 aliphatic carbocycles. The number of nitrogens with zero attached hydrogens (tertiary/aromatic N) is 3. The zero-order valence-corrected chi connectivity index (χ0v) is 17.0. The minimum atomic E-state index is -0.487. The van der Waals surface area contributed by atoms with Gasteiger partial charge in [-0.2, -0.15) is 5.10 Å². The topological polar surface area (TPSA) is 73.0 Å². The highest BCUT2D eigenvalue weighted by atomic mass is 35.5. The van der Waals surface area contributed by atoms with E-state index in [9.17, 15) is 4.79 Å². The fraction of sp³-hybridized carbons (Fsp3) is 0.0500. The molecular formula is C20H13Cl3N4O2. The SMILES string of the molecule is O=C(Nc1nn(Cc2c(Cl)cccc2Cl)cc1Cl)c1cc(-c2ccccc2)on1. The van der Waals surface area contributed by atoms with E-state index in [1.54, 1.807) is 35.1 Å². The minimum absolute atomic E-state index is 0.114. The average molecular weight is 448 g/mol. The number of carbonyl (C=O) groups excluding carboxylic acids is 1. The van der Waals surface area contributed by atoms with Crippen molar-refractivity contribution in [3.63, 3.8) is 0 Å². The molecule has 0 unspecified atom stereocenters. The maximum absolute atomic E-state index is 12.5. The smallest absolute Gasteiger partial charge is 0.279 e. The minimum Gasteiger partial charge on any atom is -0.355 e. The first-order chi connectivity index (χ1) is 14.0. The standard InChI is InChI=1S/C20H13Cl3N4O2/c21-14-7-4-8-15(22)13(14)10-27-11-16(23)19(25-27)24-20(28)17-9-18(29-26-17)12-5-2-1-3-6-12/h1-9,11H,10H2,(H,24,25,28). The molecule has 0 aliphatic heterocycles. The molecule has 0 saturated carbocycles. The number of hydrogen-bond donors (Lipinski definition) is 1. The summed E-state index contributed by atoms with van der Waals surface area (Å²) in [7, 11) is 0. The Morgan fingerprint density at radius 2 is 1.72 bits per heavy atom. The van der Waals surface area contributed by atoms with Gasteiger partial charge in [-0.15, -0.1) is 0 Å². The summed E-state index contributed by atoms with van der Waals surface area (Å²) in [6.45, 7) is 0.302. The van der Waals surface area contributed by atoms with Crippen LogP contribution in [0.5, 0.6) is 0 Å². The lowest BCUT2D eigenvalue weighted by Gasteiger charge is -2.06. The van der Waals surface area contributed by atoms with E-state index >= 15 is 0 Å². The van der Waals surface area contributed by atoms with Gasteiger partial charge in [0.1, 0.15) is 5.02 Å². The number of carbonyl (C=O) groups is 1. The van der Waals surface area contributed by atoms with Gasteiger partial charge in [0, 0.05) is 33.4 Å². The van der Waals surface area contributed by atoms with Crippen LogP contribution in [0.25, 0.3) is 11.3 Å². The Labute approximate surface area is 181 Å². The van der Waals surface area contributed by atoms with Crippen molar-refractivity contribution in [2.75, 3.05) is 5.32 Å². The van der Waals surface area contributed by atoms with Gasteiger partial charge in [-0.05, 0) is 12.1 Å². The van der Waals surface area contributed by atoms with Crippen LogP contribution in [0.2, 0.25) is 15.1 Å². The molecule has 0 aliphatic rings. The van der Waals surface area contributed by atoms with E-state index in [1.165, 1.54) is 0 Å². The van der Waals surface area contributed by atoms with E-state index in [0.29, 0.717) is 27.9 Å². The molecule has 146 valence electrons. The van der Waals surface area contributed by atoms with Crippen LogP contribution in [0.3, 0.4) is 0 Å². The summed E-state index contributed by atoms with van der Waals surface area (Å²) in [4.78, 5) is 12.5. The highest BCUT2D eigenvalue weighted by molar-refractivity contribution is 6.36. The maximum atomic E-state index is 12.5. The van der Waals surface area contributed by atoms with Gasteiger partial charge >= 0.3 is 0 Å². The second-order valence-electron chi connectivity index (χ2n) is 6.12. The summed E-state index contributed by atoms with van der Waals surface area (Å²) >= 11 is 18.6. The second-order valence-corrected chi connectivity index (χ2v) is 7.34. The number of benzene rings is 2. The Morgan fingerprint density at radius 3 is 2.45 bits per heavy atom. The molecule has 6 nitrogen and oxygen atoms in total. The largest absolute Gasteiger partial charge is 0.355 e. The Bertz CT molecular complexity index is 1150. The van der Waals surface area contributed by atoms with Crippen LogP contribution >= 0.6 is 34.8 Å². The number of aromatic nitrogens is 3. The van der Waals surface area contributed by atoms with Crippen molar-refractivity contribution in [1.29, 1.82) is 0 Å². The number of halogens is 3. The van der Waals surface area contributed by atoms with E-state index in [4.69, 9.17) is 39.3 Å². The first kappa shape index (κ1) is 19.5. The van der Waals surface area contributed by atoms with E-state index in [0.717, 1.165) is 5.56 Å². The molecule has 0 spiro atoms. The average Bonchev–Trinajstić information content (AvgIpc) is 3.33. The third kappa shape index (κ3) is 4.29. The predicted octanol–water partition coefficient (Wildman–Crippen LogP) is 5.80. The Morgan fingerprint density at radius 1 is 1.00 bits per heavy atom. The molecule has 1 amide bonds. The molecule has 0 fully saturated rings. The zero-order chi connectivity index (χ0) is 20.4. The molecule has 4 rings (SSSR count). The highest BCUT2D eigenvalue weighted by Crippen LogP contribution is 2.27. The Kier molecular flexibility index (Phi) is 5.58. The molecule has 0 radical (unpaired) electrons. The third-order valence-electron chi connectivity index (χ3n) is 4.13. The normalized spacial score (nSPS) is 10.9. The van der Waals surface area contributed by atoms with E-state index < -0.39 is 5.91 Å². The van der Waals surface area contributed by atoms with Crippen molar-refractivity contribution in [3.8, 4) is 11.3 Å². The summed E-state index contributed by atoms with van der Waals surface area (Å²) in [5, 5.41) is 12.1. The molecule has 29 heavy (non-hydrogen) atoms. The van der Waals surface area contributed by atoms with Crippen LogP contribution in [0.1, 0.15) is 16.1 Å². The number of hydrogen-bond acceptors (Lipinski definition) is 4. The van der Waals surface area contributed by atoms with Crippen molar-refractivity contribution >= 4 is 46.5 Å². The molecule has 1 N–H and O–H groups in total. The lowest BCUT2D eigenvalue weighted by molar-refractivity contribution is 0.101. The highest BCUT2D eigenvalue weighted by Gasteiger charge is 2.17. The number of nitrogens with one attached hydrogen (secondary N) is 1. The van der Waals surface area contributed by atoms with Gasteiger partial charge in [0.25, 0.3) is 5.91 Å². The van der Waals surface area contributed by atoms with Crippen molar-refractivity contribution < 1.29 is 9.32 Å². The molecule has 4 aromatic rings. The first-order valence-electron chi connectivity index (χ1n) is 8.50. The van der Waals surface area contributed by atoms with Crippen LogP contribution in [-0.4, -0.2) is 20.8 Å². The summed E-state index contributed by atoms with van der Waals surface area (Å²) in [6, 6.07) is 16.2. The van der Waals surface area contributed by atoms with E-state index in [1.807, 2.05) is 30.3 Å². The lowest BCUT2D eigenvalue weighted by Crippen LogP contribution is -2.13. The summed E-state index contributed by atoms with van der Waals surface area (Å²) in [5.74, 6) is 0.198. The zero-order valence-electron chi connectivity index (χ0n) is 14.8. The molecular weight excluding hydrogens is 435 g/mol. The van der Waals surface area contributed by atoms with Crippen molar-refractivity contribution in [2.24, 2.45) is 0 Å². The Hall–Kier alpha value is -2.80. The molecule has 2 heterocycles. The Balaban J connectivity index is 1.50. The monoisotopic (exact) mass is 446 g/mol. The first-order valence-corrected chi connectivity index (χ1v) is 9.64. The number of rotatable bonds is 5. The van der Waals surface area contributed by atoms with Crippen LogP contribution in [-0.2, 0) is 6.54 Å². The summed E-state index contributed by atoms with van der Waals surface area (Å²) < 4.78 is 6.80. The second kappa shape index (κ2) is 8.29. The molecule has 0 saturated heterocycles. The third-order valence-corrected chi connectivity index (χ3v) is 5.12. The van der Waals surface area contributed by atoms with Crippen LogP contribution in [0.4, 0.5) is 5.82 Å². The molecule has 0 bridgehead atoms. The van der Waals surface area contributed by atoms with Crippen molar-refractivity contribution in [3.05, 3.63) is 87.1 Å². The van der Waals surface area contributed by atoms with Gasteiger partial charge in [-0.1, -0.05) is 76.4 Å². The summed E-state index contributed by atoms with van der Waals surface area (Å²) in [5.41, 5.74) is 1.64. The van der Waals surface area contributed by atoms with Gasteiger partial charge in [0.2, 0.25) is 0 Å². The van der Waals surface area contributed by atoms with Crippen LogP contribution in [0, 0.1) is 0 Å². The van der Waals surface area contributed by atoms with Gasteiger partial charge in [-0.3, -0.25) is 9.48 Å². The maximum Gasteiger partial charge on any atom is 0.279 e. The van der Waals surface area contributed by atoms with Crippen molar-refractivity contribution in [2.45, 2.75) is 6.54 Å². The van der Waals surface area contributed by atoms with E-state index in [-0.39, 0.29) is 16.5 Å². The van der Waals surface area contributed by atoms with Gasteiger partial charge < -0.3 is 9.84 Å². The lowest BCUT2D eigenvalue weighted by atomic mass is 10.1. The predicted molar refractivity (Wildman–Crippen MR) is 113 cm³/mol. The van der Waals surface area contributed by atoms with Crippen molar-refractivity contribution in [1.82, 2.24) is 14.9 Å². The summed E-state index contributed by atoms with van der Waals surface area (Å²) in [6.07, 6.45) is 1.58. The number of amides is 1. The molecule has 9 heteroatoms. The van der Waals surface area contributed by atoms with Gasteiger partial charge in [-0.25, -0.2) is 0 Å². The van der Waals surface area contributed by atoms with Gasteiger partial charge in [0.15, 0.2) is 17.3 Å².